The van der Waals surface area contributed by atoms with Gasteiger partial charge in [-0.05, 0) is 70.6 Å². The highest BCUT2D eigenvalue weighted by Gasteiger charge is 2.31. The van der Waals surface area contributed by atoms with Crippen molar-refractivity contribution in [2.75, 3.05) is 41.0 Å². The maximum Gasteiger partial charge on any atom is 0.362 e. The van der Waals surface area contributed by atoms with Gasteiger partial charge in [-0.25, -0.2) is 4.79 Å². The average molecular weight is 833 g/mol. The van der Waals surface area contributed by atoms with Gasteiger partial charge in [0.1, 0.15) is 6.61 Å². The highest BCUT2D eigenvalue weighted by Crippen LogP contribution is 2.15. The molecule has 2 unspecified atom stereocenters. The molecule has 0 aromatic heterocycles. The highest BCUT2D eigenvalue weighted by atomic mass is 16.6. The first-order chi connectivity index (χ1) is 28.6. The smallest absolute Gasteiger partial charge is 0.362 e. The normalized spacial score (nSPS) is 13.2. The Hall–Kier alpha value is -2.45. The van der Waals surface area contributed by atoms with Crippen LogP contribution in [-0.2, 0) is 28.6 Å². The molecule has 0 aliphatic rings. The van der Waals surface area contributed by atoms with E-state index in [0.717, 1.165) is 51.4 Å². The van der Waals surface area contributed by atoms with Crippen LogP contribution in [-0.4, -0.2) is 80.6 Å². The van der Waals surface area contributed by atoms with Crippen LogP contribution in [0.15, 0.2) is 36.5 Å². The van der Waals surface area contributed by atoms with Gasteiger partial charge >= 0.3 is 17.9 Å². The number of unbranched alkanes of at least 4 members (excludes halogenated alkanes) is 24. The molecule has 0 amide bonds. The van der Waals surface area contributed by atoms with Crippen LogP contribution in [0.3, 0.4) is 0 Å². The standard InChI is InChI=1S/C51H93NO7/c1-6-8-10-12-14-16-18-20-22-24-26-27-29-31-33-35-37-39-41-49(53)58-46-47(45-57-44-43-48(51(55)56)52(3,4)5)59-50(54)42-40-38-36-34-32-30-28-25-23-21-19-17-15-13-11-9-7-2/h15,17,21-24,47-48H,6-14,16,18-20,25-46H2,1-5H3/p+1/b17-15-,23-21-,24-22-. The highest BCUT2D eigenvalue weighted by molar-refractivity contribution is 5.72. The first-order valence-electron chi connectivity index (χ1n) is 24.5. The van der Waals surface area contributed by atoms with Gasteiger partial charge in [-0.1, -0.05) is 166 Å². The molecule has 0 saturated carbocycles. The van der Waals surface area contributed by atoms with Crippen LogP contribution in [0.5, 0.6) is 0 Å². The SMILES string of the molecule is CCCCC/C=C\C/C=C\CCCCCCCCCC(=O)OC(COCCC(C(=O)O)[N+](C)(C)C)COC(=O)CCCCCCCCC/C=C\CCCCCCCCC. The van der Waals surface area contributed by atoms with E-state index in [-0.39, 0.29) is 36.2 Å². The van der Waals surface area contributed by atoms with Crippen molar-refractivity contribution in [1.29, 1.82) is 0 Å². The summed E-state index contributed by atoms with van der Waals surface area (Å²) in [5.74, 6) is -1.47. The number of allylic oxidation sites excluding steroid dienone is 6. The number of rotatable bonds is 44. The Morgan fingerprint density at radius 3 is 1.36 bits per heavy atom. The fraction of sp³-hybridized carbons (Fsp3) is 0.824. The zero-order valence-electron chi connectivity index (χ0n) is 39.2. The number of esters is 2. The van der Waals surface area contributed by atoms with E-state index < -0.39 is 18.1 Å². The number of nitrogens with zero attached hydrogens (tertiary/aromatic N) is 1. The molecule has 0 saturated heterocycles. The minimum absolute atomic E-state index is 0.0549. The molecule has 0 aromatic rings. The molecule has 1 N–H and O–H groups in total. The maximum absolute atomic E-state index is 12.8. The van der Waals surface area contributed by atoms with Gasteiger partial charge in [0.15, 0.2) is 12.1 Å². The molecule has 0 bridgehead atoms. The molecule has 0 aliphatic carbocycles. The second kappa shape index (κ2) is 42.2. The summed E-state index contributed by atoms with van der Waals surface area (Å²) in [7, 11) is 5.53. The number of carbonyl (C=O) groups excluding carboxylic acids is 2. The molecule has 0 rings (SSSR count). The Bertz CT molecular complexity index is 1060. The van der Waals surface area contributed by atoms with Crippen LogP contribution in [0.25, 0.3) is 0 Å². The van der Waals surface area contributed by atoms with E-state index in [9.17, 15) is 19.5 Å². The second-order valence-electron chi connectivity index (χ2n) is 17.7. The number of quaternary nitrogens is 1. The predicted molar refractivity (Wildman–Crippen MR) is 248 cm³/mol. The Kier molecular flexibility index (Phi) is 40.5. The minimum atomic E-state index is -0.876. The summed E-state index contributed by atoms with van der Waals surface area (Å²) >= 11 is 0. The van der Waals surface area contributed by atoms with Crippen LogP contribution < -0.4 is 0 Å². The molecule has 59 heavy (non-hydrogen) atoms. The number of carboxylic acid groups (broad SMARTS) is 1. The zero-order chi connectivity index (χ0) is 43.5. The second-order valence-corrected chi connectivity index (χ2v) is 17.7. The lowest BCUT2D eigenvalue weighted by Gasteiger charge is -2.31. The Labute approximate surface area is 364 Å². The Morgan fingerprint density at radius 1 is 0.508 bits per heavy atom. The minimum Gasteiger partial charge on any atom is -0.477 e. The molecule has 0 fully saturated rings. The quantitative estimate of drug-likeness (QED) is 0.0282. The van der Waals surface area contributed by atoms with Crippen molar-refractivity contribution in [3.63, 3.8) is 0 Å². The van der Waals surface area contributed by atoms with Gasteiger partial charge in [-0.2, -0.15) is 0 Å². The summed E-state index contributed by atoms with van der Waals surface area (Å²) in [6.07, 6.45) is 49.0. The summed E-state index contributed by atoms with van der Waals surface area (Å²) in [4.78, 5) is 37.1. The molecule has 344 valence electrons. The van der Waals surface area contributed by atoms with Crippen LogP contribution in [0, 0.1) is 0 Å². The van der Waals surface area contributed by atoms with E-state index >= 15 is 0 Å². The van der Waals surface area contributed by atoms with Gasteiger partial charge < -0.3 is 23.8 Å². The number of carboxylic acids is 1. The zero-order valence-corrected chi connectivity index (χ0v) is 39.2. The van der Waals surface area contributed by atoms with Crippen LogP contribution in [0.2, 0.25) is 0 Å². The molecule has 0 radical (unpaired) electrons. The molecule has 2 atom stereocenters. The van der Waals surface area contributed by atoms with E-state index in [1.54, 1.807) is 0 Å². The van der Waals surface area contributed by atoms with Crippen molar-refractivity contribution in [3.8, 4) is 0 Å². The van der Waals surface area contributed by atoms with Gasteiger partial charge in [0.25, 0.3) is 0 Å². The molecule has 8 nitrogen and oxygen atoms in total. The number of carbonyl (C=O) groups is 3. The number of hydrogen-bond donors (Lipinski definition) is 1. The number of hydrogen-bond acceptors (Lipinski definition) is 6. The predicted octanol–water partition coefficient (Wildman–Crippen LogP) is 13.8. The monoisotopic (exact) mass is 833 g/mol. The van der Waals surface area contributed by atoms with E-state index in [0.29, 0.717) is 19.3 Å². The van der Waals surface area contributed by atoms with Crippen LogP contribution >= 0.6 is 0 Å². The van der Waals surface area contributed by atoms with E-state index in [4.69, 9.17) is 14.2 Å². The fourth-order valence-electron chi connectivity index (χ4n) is 7.18. The van der Waals surface area contributed by atoms with Gasteiger partial charge in [-0.15, -0.1) is 0 Å². The van der Waals surface area contributed by atoms with E-state index in [1.165, 1.54) is 135 Å². The lowest BCUT2D eigenvalue weighted by atomic mass is 10.1. The fourth-order valence-corrected chi connectivity index (χ4v) is 7.18. The molecule has 8 heteroatoms. The van der Waals surface area contributed by atoms with Crippen molar-refractivity contribution in [3.05, 3.63) is 36.5 Å². The summed E-state index contributed by atoms with van der Waals surface area (Å²) < 4.78 is 17.3. The summed E-state index contributed by atoms with van der Waals surface area (Å²) in [6, 6.07) is -0.616. The Balaban J connectivity index is 4.29. The van der Waals surface area contributed by atoms with E-state index in [1.807, 2.05) is 21.1 Å². The van der Waals surface area contributed by atoms with Crippen molar-refractivity contribution in [1.82, 2.24) is 0 Å². The number of ether oxygens (including phenoxy) is 3. The number of likely N-dealkylation sites (N-methyl/N-ethyl adjacent to an activating group) is 1. The topological polar surface area (TPSA) is 99.1 Å². The first-order valence-corrected chi connectivity index (χ1v) is 24.5. The largest absolute Gasteiger partial charge is 0.477 e. The summed E-state index contributed by atoms with van der Waals surface area (Å²) in [5.41, 5.74) is 0. The molecular formula is C51H94NO7+. The maximum atomic E-state index is 12.8. The van der Waals surface area contributed by atoms with Gasteiger partial charge in [0.05, 0.1) is 34.4 Å². The van der Waals surface area contributed by atoms with E-state index in [2.05, 4.69) is 50.3 Å². The van der Waals surface area contributed by atoms with Crippen molar-refractivity contribution in [2.24, 2.45) is 0 Å². The van der Waals surface area contributed by atoms with Crippen LogP contribution in [0.4, 0.5) is 0 Å². The van der Waals surface area contributed by atoms with Crippen molar-refractivity contribution < 1.29 is 38.2 Å². The van der Waals surface area contributed by atoms with Gasteiger partial charge in [-0.3, -0.25) is 9.59 Å². The summed E-state index contributed by atoms with van der Waals surface area (Å²) in [5, 5.41) is 9.64. The van der Waals surface area contributed by atoms with Crippen molar-refractivity contribution >= 4 is 17.9 Å². The lowest BCUT2D eigenvalue weighted by molar-refractivity contribution is -0.887. The third-order valence-electron chi connectivity index (χ3n) is 11.0. The van der Waals surface area contributed by atoms with Crippen LogP contribution in [0.1, 0.15) is 219 Å². The molecule has 0 spiro atoms. The average Bonchev–Trinajstić information content (AvgIpc) is 3.19. The first kappa shape index (κ1) is 56.5. The summed E-state index contributed by atoms with van der Waals surface area (Å²) in [6.45, 7) is 4.72. The van der Waals surface area contributed by atoms with Gasteiger partial charge in [0, 0.05) is 19.3 Å². The molecular weight excluding hydrogens is 739 g/mol. The van der Waals surface area contributed by atoms with Gasteiger partial charge in [0.2, 0.25) is 0 Å². The third-order valence-corrected chi connectivity index (χ3v) is 11.0. The molecule has 0 heterocycles. The van der Waals surface area contributed by atoms with Crippen molar-refractivity contribution in [2.45, 2.75) is 231 Å². The Morgan fingerprint density at radius 2 is 0.898 bits per heavy atom. The molecule has 0 aromatic carbocycles. The lowest BCUT2D eigenvalue weighted by Crippen LogP contribution is -2.50. The molecule has 0 aliphatic heterocycles. The number of aliphatic carboxylic acids is 1. The third kappa shape index (κ3) is 40.7.